The van der Waals surface area contributed by atoms with E-state index in [2.05, 4.69) is 11.6 Å². The van der Waals surface area contributed by atoms with Crippen LogP contribution in [0, 0.1) is 5.92 Å². The van der Waals surface area contributed by atoms with Gasteiger partial charge in [0.2, 0.25) is 0 Å². The molecule has 0 aliphatic carbocycles. The molecule has 2 N–H and O–H groups in total. The van der Waals surface area contributed by atoms with Crippen LogP contribution in [0.15, 0.2) is 41.2 Å². The summed E-state index contributed by atoms with van der Waals surface area (Å²) in [6.07, 6.45) is 1.36. The zero-order valence-electron chi connectivity index (χ0n) is 16.6. The first kappa shape index (κ1) is 20.2. The lowest BCUT2D eigenvalue weighted by Gasteiger charge is -2.25. The van der Waals surface area contributed by atoms with E-state index in [1.54, 1.807) is 16.4 Å². The first-order valence-corrected chi connectivity index (χ1v) is 9.86. The van der Waals surface area contributed by atoms with Crippen molar-refractivity contribution in [3.05, 3.63) is 46.9 Å². The third-order valence-corrected chi connectivity index (χ3v) is 5.65. The number of aromatic amines is 1. The smallest absolute Gasteiger partial charge is 0.410 e. The number of nitrogens with one attached hydrogen (secondary N) is 1. The van der Waals surface area contributed by atoms with E-state index >= 15 is 0 Å². The van der Waals surface area contributed by atoms with Crippen LogP contribution in [-0.4, -0.2) is 51.5 Å². The SMILES string of the molecule is C=C(CC)CC(CO)C(C)OC(=O)N1CCC(n2c(=O)[nH]c3ccccc32)C1. The minimum absolute atomic E-state index is 0.0547. The number of imidazole rings is 1. The summed E-state index contributed by atoms with van der Waals surface area (Å²) in [4.78, 5) is 29.5. The maximum Gasteiger partial charge on any atom is 0.410 e. The normalized spacial score (nSPS) is 19.0. The summed E-state index contributed by atoms with van der Waals surface area (Å²) in [5, 5.41) is 9.63. The van der Waals surface area contributed by atoms with Crippen LogP contribution in [0.3, 0.4) is 0 Å². The van der Waals surface area contributed by atoms with Gasteiger partial charge in [0.1, 0.15) is 6.10 Å². The predicted molar refractivity (Wildman–Crippen MR) is 108 cm³/mol. The van der Waals surface area contributed by atoms with Crippen molar-refractivity contribution in [3.63, 3.8) is 0 Å². The standard InChI is InChI=1S/C21H29N3O4/c1-4-14(2)11-16(13-25)15(3)28-21(27)23-10-9-17(12-23)24-19-8-6-5-7-18(19)22-20(24)26/h5-8,15-17,25H,2,4,9-13H2,1,3H3,(H,22,26). The first-order valence-electron chi connectivity index (χ1n) is 9.86. The molecule has 1 aromatic heterocycles. The topological polar surface area (TPSA) is 87.6 Å². The number of hydrogen-bond acceptors (Lipinski definition) is 4. The van der Waals surface area contributed by atoms with Gasteiger partial charge in [-0.2, -0.15) is 0 Å². The van der Waals surface area contributed by atoms with Crippen LogP contribution in [-0.2, 0) is 4.74 Å². The molecule has 3 atom stereocenters. The molecule has 1 fully saturated rings. The van der Waals surface area contributed by atoms with Crippen molar-refractivity contribution < 1.29 is 14.6 Å². The number of benzene rings is 1. The Bertz CT molecular complexity index is 900. The number of aromatic nitrogens is 2. The number of allylic oxidation sites excluding steroid dienone is 1. The monoisotopic (exact) mass is 387 g/mol. The van der Waals surface area contributed by atoms with Crippen molar-refractivity contribution in [2.24, 2.45) is 5.92 Å². The molecule has 7 nitrogen and oxygen atoms in total. The van der Waals surface area contributed by atoms with Crippen LogP contribution in [0.5, 0.6) is 0 Å². The molecule has 1 aromatic carbocycles. The summed E-state index contributed by atoms with van der Waals surface area (Å²) in [5.41, 5.74) is 2.51. The number of H-pyrrole nitrogens is 1. The number of carbonyl (C=O) groups excluding carboxylic acids is 1. The molecule has 1 amide bonds. The third-order valence-electron chi connectivity index (χ3n) is 5.65. The molecule has 3 unspecified atom stereocenters. The molecule has 2 aromatic rings. The number of aliphatic hydroxyl groups is 1. The number of fused-ring (bicyclic) bond motifs is 1. The highest BCUT2D eigenvalue weighted by atomic mass is 16.6. The highest BCUT2D eigenvalue weighted by Gasteiger charge is 2.32. The number of amides is 1. The van der Waals surface area contributed by atoms with Crippen LogP contribution in [0.2, 0.25) is 0 Å². The Morgan fingerprint density at radius 1 is 1.43 bits per heavy atom. The van der Waals surface area contributed by atoms with Crippen molar-refractivity contribution >= 4 is 17.1 Å². The van der Waals surface area contributed by atoms with Crippen LogP contribution in [0.4, 0.5) is 4.79 Å². The van der Waals surface area contributed by atoms with Gasteiger partial charge in [-0.15, -0.1) is 0 Å². The fourth-order valence-electron chi connectivity index (χ4n) is 3.78. The van der Waals surface area contributed by atoms with Crippen LogP contribution >= 0.6 is 0 Å². The number of aliphatic hydroxyl groups excluding tert-OH is 1. The molecule has 152 valence electrons. The fraction of sp³-hybridized carbons (Fsp3) is 0.524. The molecule has 1 aliphatic rings. The maximum atomic E-state index is 12.6. The number of likely N-dealkylation sites (tertiary alicyclic amines) is 1. The average molecular weight is 387 g/mol. The average Bonchev–Trinajstić information content (AvgIpc) is 3.29. The molecule has 0 spiro atoms. The highest BCUT2D eigenvalue weighted by molar-refractivity contribution is 5.75. The molecule has 1 saturated heterocycles. The quantitative estimate of drug-likeness (QED) is 0.715. The van der Waals surface area contributed by atoms with Crippen LogP contribution in [0.1, 0.15) is 39.2 Å². The molecule has 0 radical (unpaired) electrons. The van der Waals surface area contributed by atoms with Crippen molar-refractivity contribution in [3.8, 4) is 0 Å². The Kier molecular flexibility index (Phi) is 6.24. The van der Waals surface area contributed by atoms with Crippen molar-refractivity contribution in [2.75, 3.05) is 19.7 Å². The van der Waals surface area contributed by atoms with Crippen molar-refractivity contribution in [2.45, 2.75) is 45.3 Å². The van der Waals surface area contributed by atoms with Gasteiger partial charge in [-0.25, -0.2) is 9.59 Å². The molecule has 1 aliphatic heterocycles. The van der Waals surface area contributed by atoms with E-state index in [4.69, 9.17) is 4.74 Å². The summed E-state index contributed by atoms with van der Waals surface area (Å²) in [5.74, 6) is -0.161. The Labute approximate surface area is 164 Å². The number of hydrogen-bond donors (Lipinski definition) is 2. The lowest BCUT2D eigenvalue weighted by atomic mass is 9.95. The number of para-hydroxylation sites is 2. The van der Waals surface area contributed by atoms with E-state index < -0.39 is 12.2 Å². The number of ether oxygens (including phenoxy) is 1. The predicted octanol–water partition coefficient (Wildman–Crippen LogP) is 3.07. The third kappa shape index (κ3) is 4.14. The largest absolute Gasteiger partial charge is 0.446 e. The van der Waals surface area contributed by atoms with E-state index in [9.17, 15) is 14.7 Å². The maximum absolute atomic E-state index is 12.6. The minimum atomic E-state index is -0.407. The van der Waals surface area contributed by atoms with Gasteiger partial charge < -0.3 is 19.7 Å². The molecule has 7 heteroatoms. The van der Waals surface area contributed by atoms with Gasteiger partial charge in [-0.1, -0.05) is 31.2 Å². The van der Waals surface area contributed by atoms with Crippen molar-refractivity contribution in [1.29, 1.82) is 0 Å². The summed E-state index contributed by atoms with van der Waals surface area (Å²) in [7, 11) is 0. The second-order valence-corrected chi connectivity index (χ2v) is 7.55. The van der Waals surface area contributed by atoms with Gasteiger partial charge in [-0.05, 0) is 38.3 Å². The van der Waals surface area contributed by atoms with E-state index in [1.807, 2.05) is 31.2 Å². The van der Waals surface area contributed by atoms with Crippen molar-refractivity contribution in [1.82, 2.24) is 14.5 Å². The highest BCUT2D eigenvalue weighted by Crippen LogP contribution is 2.26. The van der Waals surface area contributed by atoms with E-state index in [0.717, 1.165) is 23.0 Å². The lowest BCUT2D eigenvalue weighted by molar-refractivity contribution is 0.0302. The summed E-state index contributed by atoms with van der Waals surface area (Å²) in [6.45, 7) is 8.71. The second kappa shape index (κ2) is 8.65. The molecule has 0 saturated carbocycles. The molecular formula is C21H29N3O4. The molecule has 2 heterocycles. The van der Waals surface area contributed by atoms with Gasteiger partial charge in [0.05, 0.1) is 17.1 Å². The van der Waals surface area contributed by atoms with Crippen LogP contribution in [0.25, 0.3) is 11.0 Å². The minimum Gasteiger partial charge on any atom is -0.446 e. The molecule has 0 bridgehead atoms. The van der Waals surface area contributed by atoms with Gasteiger partial charge in [-0.3, -0.25) is 4.57 Å². The summed E-state index contributed by atoms with van der Waals surface area (Å²) in [6, 6.07) is 7.47. The van der Waals surface area contributed by atoms with Crippen LogP contribution < -0.4 is 5.69 Å². The summed E-state index contributed by atoms with van der Waals surface area (Å²) >= 11 is 0. The Morgan fingerprint density at radius 2 is 2.18 bits per heavy atom. The van der Waals surface area contributed by atoms with E-state index in [1.165, 1.54) is 0 Å². The van der Waals surface area contributed by atoms with Gasteiger partial charge in [0.25, 0.3) is 0 Å². The Morgan fingerprint density at radius 3 is 2.89 bits per heavy atom. The number of rotatable bonds is 7. The lowest BCUT2D eigenvalue weighted by Crippen LogP contribution is -2.36. The molecular weight excluding hydrogens is 358 g/mol. The van der Waals surface area contributed by atoms with Gasteiger partial charge in [0.15, 0.2) is 0 Å². The van der Waals surface area contributed by atoms with Gasteiger partial charge in [0, 0.05) is 25.6 Å². The molecule has 28 heavy (non-hydrogen) atoms. The zero-order valence-corrected chi connectivity index (χ0v) is 16.6. The Balaban J connectivity index is 1.64. The van der Waals surface area contributed by atoms with Gasteiger partial charge >= 0.3 is 11.8 Å². The van der Waals surface area contributed by atoms with E-state index in [-0.39, 0.29) is 24.3 Å². The summed E-state index contributed by atoms with van der Waals surface area (Å²) < 4.78 is 7.34. The number of nitrogens with zero attached hydrogens (tertiary/aromatic N) is 2. The second-order valence-electron chi connectivity index (χ2n) is 7.55. The number of carbonyl (C=O) groups is 1. The fourth-order valence-corrected chi connectivity index (χ4v) is 3.78. The Hall–Kier alpha value is -2.54. The zero-order chi connectivity index (χ0) is 20.3. The van der Waals surface area contributed by atoms with E-state index in [0.29, 0.717) is 25.9 Å². The first-order chi connectivity index (χ1) is 13.4. The molecule has 3 rings (SSSR count).